The largest absolute Gasteiger partial charge is 0.466 e. The Morgan fingerprint density at radius 3 is 2.26 bits per heavy atom. The maximum atomic E-state index is 13.2. The number of esters is 2. The van der Waals surface area contributed by atoms with Gasteiger partial charge in [0.05, 0.1) is 43.0 Å². The molecule has 0 aliphatic carbocycles. The van der Waals surface area contributed by atoms with Gasteiger partial charge in [-0.2, -0.15) is 5.26 Å². The van der Waals surface area contributed by atoms with Crippen LogP contribution in [0.2, 0.25) is 0 Å². The van der Waals surface area contributed by atoms with E-state index in [1.165, 1.54) is 19.1 Å². The molecule has 1 atom stereocenters. The predicted octanol–water partition coefficient (Wildman–Crippen LogP) is 2.26. The molecule has 1 heterocycles. The highest BCUT2D eigenvalue weighted by molar-refractivity contribution is 6.06. The second-order valence-electron chi connectivity index (χ2n) is 7.64. The summed E-state index contributed by atoms with van der Waals surface area (Å²) in [5, 5.41) is 12.7. The normalized spacial score (nSPS) is 15.4. The van der Waals surface area contributed by atoms with Gasteiger partial charge in [0.1, 0.15) is 11.5 Å². The van der Waals surface area contributed by atoms with Crippen LogP contribution in [-0.4, -0.2) is 39.1 Å². The molecule has 1 aliphatic rings. The third kappa shape index (κ3) is 4.87. The summed E-state index contributed by atoms with van der Waals surface area (Å²) in [6, 6.07) is 17.9. The second-order valence-corrected chi connectivity index (χ2v) is 7.64. The molecule has 35 heavy (non-hydrogen) atoms. The highest BCUT2D eigenvalue weighted by Gasteiger charge is 2.43. The molecule has 3 N–H and O–H groups in total. The molecule has 0 saturated carbocycles. The molecule has 3 rings (SSSR count). The van der Waals surface area contributed by atoms with Crippen LogP contribution in [0.15, 0.2) is 77.3 Å². The summed E-state index contributed by atoms with van der Waals surface area (Å²) in [6.07, 6.45) is 0.509. The SMILES string of the molecule is CNC(=O)CCc1ccccc1N1C(N)=C(C#N)C(c2ccccc2)C(C(=O)OC)=C1C(=O)OC. The number of nitrogens with two attached hydrogens (primary N) is 1. The first-order chi connectivity index (χ1) is 16.9. The number of rotatable bonds is 7. The third-order valence-electron chi connectivity index (χ3n) is 5.74. The van der Waals surface area contributed by atoms with Crippen molar-refractivity contribution in [3.63, 3.8) is 0 Å². The van der Waals surface area contributed by atoms with Gasteiger partial charge < -0.3 is 20.5 Å². The summed E-state index contributed by atoms with van der Waals surface area (Å²) in [5.41, 5.74) is 8.09. The predicted molar refractivity (Wildman–Crippen MR) is 128 cm³/mol. The van der Waals surface area contributed by atoms with Gasteiger partial charge in [0.15, 0.2) is 0 Å². The minimum atomic E-state index is -0.947. The van der Waals surface area contributed by atoms with E-state index in [9.17, 15) is 19.6 Å². The number of allylic oxidation sites excluding steroid dienone is 1. The van der Waals surface area contributed by atoms with Gasteiger partial charge >= 0.3 is 11.9 Å². The van der Waals surface area contributed by atoms with E-state index in [0.29, 0.717) is 23.2 Å². The van der Waals surface area contributed by atoms with E-state index < -0.39 is 17.9 Å². The number of nitriles is 1. The molecule has 9 heteroatoms. The number of nitrogens with zero attached hydrogens (tertiary/aromatic N) is 2. The van der Waals surface area contributed by atoms with Gasteiger partial charge in [0.2, 0.25) is 5.91 Å². The molecule has 1 amide bonds. The van der Waals surface area contributed by atoms with Crippen LogP contribution >= 0.6 is 0 Å². The summed E-state index contributed by atoms with van der Waals surface area (Å²) in [4.78, 5) is 39.5. The van der Waals surface area contributed by atoms with Crippen LogP contribution in [-0.2, 0) is 30.3 Å². The minimum absolute atomic E-state index is 0.0261. The van der Waals surface area contributed by atoms with Gasteiger partial charge in [-0.25, -0.2) is 9.59 Å². The number of carbonyl (C=O) groups excluding carboxylic acids is 3. The summed E-state index contributed by atoms with van der Waals surface area (Å²) in [5.74, 6) is -2.76. The third-order valence-corrected chi connectivity index (χ3v) is 5.74. The molecule has 1 unspecified atom stereocenters. The van der Waals surface area contributed by atoms with Gasteiger partial charge in [-0.15, -0.1) is 0 Å². The van der Waals surface area contributed by atoms with Crippen molar-refractivity contribution < 1.29 is 23.9 Å². The van der Waals surface area contributed by atoms with Crippen molar-refractivity contribution in [2.75, 3.05) is 26.2 Å². The Bertz CT molecular complexity index is 1240. The Balaban J connectivity index is 2.34. The zero-order chi connectivity index (χ0) is 25.5. The molecule has 9 nitrogen and oxygen atoms in total. The summed E-state index contributed by atoms with van der Waals surface area (Å²) >= 11 is 0. The fourth-order valence-corrected chi connectivity index (χ4v) is 4.08. The number of aryl methyl sites for hydroxylation is 1. The zero-order valence-electron chi connectivity index (χ0n) is 19.7. The van der Waals surface area contributed by atoms with Crippen LogP contribution in [0.5, 0.6) is 0 Å². The van der Waals surface area contributed by atoms with E-state index >= 15 is 0 Å². The van der Waals surface area contributed by atoms with E-state index in [0.717, 1.165) is 0 Å². The van der Waals surface area contributed by atoms with Crippen LogP contribution in [0.4, 0.5) is 5.69 Å². The Morgan fingerprint density at radius 2 is 1.66 bits per heavy atom. The molecular weight excluding hydrogens is 448 g/mol. The van der Waals surface area contributed by atoms with Crippen LogP contribution in [0.3, 0.4) is 0 Å². The highest BCUT2D eigenvalue weighted by Crippen LogP contribution is 2.43. The van der Waals surface area contributed by atoms with E-state index in [-0.39, 0.29) is 35.0 Å². The number of ether oxygens (including phenoxy) is 2. The van der Waals surface area contributed by atoms with E-state index in [2.05, 4.69) is 11.4 Å². The average molecular weight is 475 g/mol. The highest BCUT2D eigenvalue weighted by atomic mass is 16.5. The van der Waals surface area contributed by atoms with Crippen molar-refractivity contribution in [3.05, 3.63) is 88.4 Å². The zero-order valence-corrected chi connectivity index (χ0v) is 19.7. The number of carbonyl (C=O) groups is 3. The molecule has 0 fully saturated rings. The molecule has 0 bridgehead atoms. The number of methoxy groups -OCH3 is 2. The lowest BCUT2D eigenvalue weighted by molar-refractivity contribution is -0.139. The number of anilines is 1. The van der Waals surface area contributed by atoms with Crippen LogP contribution < -0.4 is 16.0 Å². The lowest BCUT2D eigenvalue weighted by Crippen LogP contribution is -2.41. The van der Waals surface area contributed by atoms with Crippen molar-refractivity contribution in [3.8, 4) is 6.07 Å². The van der Waals surface area contributed by atoms with Gasteiger partial charge in [-0.3, -0.25) is 9.69 Å². The monoisotopic (exact) mass is 474 g/mol. The number of nitrogens with one attached hydrogen (secondary N) is 1. The Kier molecular flexibility index (Phi) is 7.89. The molecule has 2 aromatic rings. The Morgan fingerprint density at radius 1 is 1.03 bits per heavy atom. The maximum absolute atomic E-state index is 13.2. The quantitative estimate of drug-likeness (QED) is 0.584. The van der Waals surface area contributed by atoms with Gasteiger partial charge in [-0.1, -0.05) is 48.5 Å². The first-order valence-corrected chi connectivity index (χ1v) is 10.8. The standard InChI is InChI=1S/C26H26N4O5/c1-29-20(31)14-13-16-9-7-8-12-19(16)30-23(26(33)35-3)22(25(32)34-2)21(18(15-27)24(30)28)17-10-5-4-6-11-17/h4-12,21H,13-14,28H2,1-3H3,(H,29,31). The number of para-hydroxylation sites is 1. The van der Waals surface area contributed by atoms with Crippen molar-refractivity contribution in [2.45, 2.75) is 18.8 Å². The second kappa shape index (κ2) is 11.0. The molecule has 0 radical (unpaired) electrons. The van der Waals surface area contributed by atoms with Gasteiger partial charge in [-0.05, 0) is 23.6 Å². The van der Waals surface area contributed by atoms with Crippen LogP contribution in [0.1, 0.15) is 23.5 Å². The van der Waals surface area contributed by atoms with Crippen molar-refractivity contribution >= 4 is 23.5 Å². The number of benzene rings is 2. The fourth-order valence-electron chi connectivity index (χ4n) is 4.08. The minimum Gasteiger partial charge on any atom is -0.466 e. The Labute approximate surface area is 203 Å². The lowest BCUT2D eigenvalue weighted by Gasteiger charge is -2.36. The van der Waals surface area contributed by atoms with Crippen molar-refractivity contribution in [1.82, 2.24) is 5.32 Å². The summed E-state index contributed by atoms with van der Waals surface area (Å²) in [7, 11) is 3.93. The molecule has 2 aromatic carbocycles. The first kappa shape index (κ1) is 25.1. The van der Waals surface area contributed by atoms with E-state index in [4.69, 9.17) is 15.2 Å². The molecular formula is C26H26N4O5. The average Bonchev–Trinajstić information content (AvgIpc) is 2.90. The molecule has 0 spiro atoms. The lowest BCUT2D eigenvalue weighted by atomic mass is 9.80. The fraction of sp³-hybridized carbons (Fsp3) is 0.231. The van der Waals surface area contributed by atoms with Crippen LogP contribution in [0.25, 0.3) is 0 Å². The van der Waals surface area contributed by atoms with Crippen LogP contribution in [0, 0.1) is 11.3 Å². The summed E-state index contributed by atoms with van der Waals surface area (Å²) in [6.45, 7) is 0. The van der Waals surface area contributed by atoms with Crippen molar-refractivity contribution in [1.29, 1.82) is 5.26 Å². The van der Waals surface area contributed by atoms with Gasteiger partial charge in [0.25, 0.3) is 0 Å². The first-order valence-electron chi connectivity index (χ1n) is 10.8. The smallest absolute Gasteiger partial charge is 0.355 e. The molecule has 0 saturated heterocycles. The molecule has 0 aromatic heterocycles. The molecule has 1 aliphatic heterocycles. The molecule has 180 valence electrons. The van der Waals surface area contributed by atoms with Crippen molar-refractivity contribution in [2.24, 2.45) is 5.73 Å². The van der Waals surface area contributed by atoms with Gasteiger partial charge in [0, 0.05) is 13.5 Å². The number of hydrogen-bond donors (Lipinski definition) is 2. The Hall–Kier alpha value is -4.58. The number of hydrogen-bond acceptors (Lipinski definition) is 8. The number of amides is 1. The summed E-state index contributed by atoms with van der Waals surface area (Å²) < 4.78 is 10.1. The van der Waals surface area contributed by atoms with E-state index in [1.807, 2.05) is 0 Å². The van der Waals surface area contributed by atoms with E-state index in [1.54, 1.807) is 61.6 Å². The maximum Gasteiger partial charge on any atom is 0.355 e. The topological polar surface area (TPSA) is 135 Å².